The van der Waals surface area contributed by atoms with Gasteiger partial charge in [0.15, 0.2) is 0 Å². The van der Waals surface area contributed by atoms with Gasteiger partial charge in [-0.05, 0) is 29.8 Å². The Morgan fingerprint density at radius 3 is 2.33 bits per heavy atom. The zero-order valence-electron chi connectivity index (χ0n) is 13.3. The van der Waals surface area contributed by atoms with E-state index in [0.717, 1.165) is 30.0 Å². The van der Waals surface area contributed by atoms with Gasteiger partial charge in [0.05, 0.1) is 19.8 Å². The molecule has 0 aliphatic heterocycles. The van der Waals surface area contributed by atoms with Crippen molar-refractivity contribution in [3.05, 3.63) is 63.6 Å². The molecule has 130 valence electrons. The fourth-order valence-corrected chi connectivity index (χ4v) is 2.58. The third-order valence-electron chi connectivity index (χ3n) is 3.36. The Labute approximate surface area is 152 Å². The van der Waals surface area contributed by atoms with Gasteiger partial charge >= 0.3 is 0 Å². The molecule has 2 aromatic carbocycles. The first kappa shape index (κ1) is 19.0. The maximum absolute atomic E-state index is 8.60. The summed E-state index contributed by atoms with van der Waals surface area (Å²) in [7, 11) is 0. The van der Waals surface area contributed by atoms with Gasteiger partial charge in [-0.2, -0.15) is 0 Å². The minimum atomic E-state index is 0.0564. The summed E-state index contributed by atoms with van der Waals surface area (Å²) in [4.78, 5) is 0. The molecule has 2 aromatic rings. The summed E-state index contributed by atoms with van der Waals surface area (Å²) in [5.74, 6) is 0.765. The number of benzene rings is 2. The Morgan fingerprint density at radius 2 is 1.67 bits per heavy atom. The highest BCUT2D eigenvalue weighted by atomic mass is 35.5. The molecule has 24 heavy (non-hydrogen) atoms. The predicted molar refractivity (Wildman–Crippen MR) is 96.8 cm³/mol. The van der Waals surface area contributed by atoms with Crippen LogP contribution in [-0.4, -0.2) is 31.5 Å². The standard InChI is InChI=1S/C18H21Cl2NO3/c19-17-2-1-3-18(20)16(17)13-24-15-6-4-14(5-7-15)12-21-8-10-23-11-9-22/h1-7,21-22H,8-13H2. The molecular formula is C18H21Cl2NO3. The van der Waals surface area contributed by atoms with Crippen LogP contribution in [0, 0.1) is 0 Å². The minimum absolute atomic E-state index is 0.0564. The van der Waals surface area contributed by atoms with E-state index >= 15 is 0 Å². The molecule has 6 heteroatoms. The van der Waals surface area contributed by atoms with Gasteiger partial charge in [0, 0.05) is 28.7 Å². The van der Waals surface area contributed by atoms with Crippen molar-refractivity contribution in [2.75, 3.05) is 26.4 Å². The summed E-state index contributed by atoms with van der Waals surface area (Å²) < 4.78 is 10.9. The molecule has 2 rings (SSSR count). The number of halogens is 2. The van der Waals surface area contributed by atoms with Crippen molar-refractivity contribution in [2.45, 2.75) is 13.2 Å². The van der Waals surface area contributed by atoms with Crippen LogP contribution in [0.3, 0.4) is 0 Å². The van der Waals surface area contributed by atoms with E-state index in [2.05, 4.69) is 5.32 Å². The van der Waals surface area contributed by atoms with E-state index < -0.39 is 0 Å². The Bertz CT molecular complexity index is 600. The smallest absolute Gasteiger partial charge is 0.119 e. The first-order valence-electron chi connectivity index (χ1n) is 7.74. The molecule has 0 bridgehead atoms. The quantitative estimate of drug-likeness (QED) is 0.627. The van der Waals surface area contributed by atoms with Crippen molar-refractivity contribution in [3.63, 3.8) is 0 Å². The summed E-state index contributed by atoms with van der Waals surface area (Å²) in [6.45, 7) is 2.84. The van der Waals surface area contributed by atoms with Crippen molar-refractivity contribution in [1.82, 2.24) is 5.32 Å². The van der Waals surface area contributed by atoms with E-state index in [1.165, 1.54) is 0 Å². The maximum atomic E-state index is 8.60. The lowest BCUT2D eigenvalue weighted by atomic mass is 10.2. The SMILES string of the molecule is OCCOCCNCc1ccc(OCc2c(Cl)cccc2Cl)cc1. The fourth-order valence-electron chi connectivity index (χ4n) is 2.07. The lowest BCUT2D eigenvalue weighted by molar-refractivity contribution is 0.0938. The number of aliphatic hydroxyl groups is 1. The number of rotatable bonds is 10. The number of aliphatic hydroxyl groups excluding tert-OH is 1. The molecule has 0 saturated carbocycles. The van der Waals surface area contributed by atoms with Crippen LogP contribution in [0.15, 0.2) is 42.5 Å². The summed E-state index contributed by atoms with van der Waals surface area (Å²) in [5.41, 5.74) is 1.94. The first-order chi connectivity index (χ1) is 11.7. The third kappa shape index (κ3) is 6.30. The molecule has 0 fully saturated rings. The Balaban J connectivity index is 1.76. The summed E-state index contributed by atoms with van der Waals surface area (Å²) in [6.07, 6.45) is 0. The van der Waals surface area contributed by atoms with Gasteiger partial charge in [-0.1, -0.05) is 41.4 Å². The van der Waals surface area contributed by atoms with Crippen LogP contribution < -0.4 is 10.1 Å². The van der Waals surface area contributed by atoms with Crippen LogP contribution in [-0.2, 0) is 17.9 Å². The van der Waals surface area contributed by atoms with Crippen molar-refractivity contribution < 1.29 is 14.6 Å². The Kier molecular flexibility index (Phi) is 8.36. The van der Waals surface area contributed by atoms with Gasteiger partial charge < -0.3 is 19.9 Å². The van der Waals surface area contributed by atoms with E-state index in [4.69, 9.17) is 37.8 Å². The van der Waals surface area contributed by atoms with Crippen molar-refractivity contribution in [3.8, 4) is 5.75 Å². The average molecular weight is 370 g/mol. The van der Waals surface area contributed by atoms with Crippen molar-refractivity contribution in [1.29, 1.82) is 0 Å². The molecule has 0 amide bonds. The summed E-state index contributed by atoms with van der Waals surface area (Å²) in [5, 5.41) is 13.1. The molecule has 0 aromatic heterocycles. The van der Waals surface area contributed by atoms with Gasteiger partial charge in [-0.15, -0.1) is 0 Å². The average Bonchev–Trinajstić information content (AvgIpc) is 2.59. The van der Waals surface area contributed by atoms with Gasteiger partial charge in [-0.3, -0.25) is 0 Å². The third-order valence-corrected chi connectivity index (χ3v) is 4.06. The fraction of sp³-hybridized carbons (Fsp3) is 0.333. The first-order valence-corrected chi connectivity index (χ1v) is 8.50. The number of hydrogen-bond donors (Lipinski definition) is 2. The van der Waals surface area contributed by atoms with E-state index in [1.807, 2.05) is 30.3 Å². The topological polar surface area (TPSA) is 50.7 Å². The summed E-state index contributed by atoms with van der Waals surface area (Å²) >= 11 is 12.3. The van der Waals surface area contributed by atoms with Crippen LogP contribution in [0.5, 0.6) is 5.75 Å². The highest BCUT2D eigenvalue weighted by Crippen LogP contribution is 2.25. The number of hydrogen-bond acceptors (Lipinski definition) is 4. The zero-order valence-corrected chi connectivity index (χ0v) is 14.8. The summed E-state index contributed by atoms with van der Waals surface area (Å²) in [6, 6.07) is 13.3. The minimum Gasteiger partial charge on any atom is -0.489 e. The van der Waals surface area contributed by atoms with Gasteiger partial charge in [-0.25, -0.2) is 0 Å². The molecule has 0 heterocycles. The molecular weight excluding hydrogens is 349 g/mol. The molecule has 2 N–H and O–H groups in total. The van der Waals surface area contributed by atoms with E-state index in [9.17, 15) is 0 Å². The normalized spacial score (nSPS) is 10.8. The van der Waals surface area contributed by atoms with E-state index in [0.29, 0.717) is 29.9 Å². The Hall–Kier alpha value is -1.30. The molecule has 0 aliphatic rings. The highest BCUT2D eigenvalue weighted by Gasteiger charge is 2.06. The lowest BCUT2D eigenvalue weighted by Crippen LogP contribution is -2.19. The molecule has 0 saturated heterocycles. The number of ether oxygens (including phenoxy) is 2. The highest BCUT2D eigenvalue weighted by molar-refractivity contribution is 6.35. The van der Waals surface area contributed by atoms with Crippen molar-refractivity contribution in [2.24, 2.45) is 0 Å². The number of nitrogens with one attached hydrogen (secondary N) is 1. The largest absolute Gasteiger partial charge is 0.489 e. The van der Waals surface area contributed by atoms with Crippen LogP contribution in [0.4, 0.5) is 0 Å². The van der Waals surface area contributed by atoms with Crippen LogP contribution in [0.2, 0.25) is 10.0 Å². The van der Waals surface area contributed by atoms with Crippen LogP contribution in [0.1, 0.15) is 11.1 Å². The van der Waals surface area contributed by atoms with E-state index in [1.54, 1.807) is 12.1 Å². The molecule has 0 aliphatic carbocycles. The van der Waals surface area contributed by atoms with Crippen LogP contribution in [0.25, 0.3) is 0 Å². The molecule has 0 atom stereocenters. The second-order valence-electron chi connectivity index (χ2n) is 5.15. The van der Waals surface area contributed by atoms with E-state index in [-0.39, 0.29) is 6.61 Å². The van der Waals surface area contributed by atoms with Gasteiger partial charge in [0.2, 0.25) is 0 Å². The maximum Gasteiger partial charge on any atom is 0.119 e. The van der Waals surface area contributed by atoms with Gasteiger partial charge in [0.25, 0.3) is 0 Å². The second kappa shape index (κ2) is 10.5. The molecule has 0 spiro atoms. The van der Waals surface area contributed by atoms with Crippen molar-refractivity contribution >= 4 is 23.2 Å². The lowest BCUT2D eigenvalue weighted by Gasteiger charge is -2.10. The second-order valence-corrected chi connectivity index (χ2v) is 5.96. The predicted octanol–water partition coefficient (Wildman–Crippen LogP) is 3.67. The van der Waals surface area contributed by atoms with Gasteiger partial charge in [0.1, 0.15) is 12.4 Å². The van der Waals surface area contributed by atoms with Crippen LogP contribution >= 0.6 is 23.2 Å². The zero-order chi connectivity index (χ0) is 17.2. The molecule has 0 unspecified atom stereocenters. The molecule has 4 nitrogen and oxygen atoms in total. The monoisotopic (exact) mass is 369 g/mol. The Morgan fingerprint density at radius 1 is 0.958 bits per heavy atom. The molecule has 0 radical (unpaired) electrons.